The van der Waals surface area contributed by atoms with Gasteiger partial charge < -0.3 is 14.2 Å². The lowest BCUT2D eigenvalue weighted by Gasteiger charge is -2.26. The monoisotopic (exact) mass is 301 g/mol. The predicted molar refractivity (Wildman–Crippen MR) is 65.7 cm³/mol. The predicted octanol–water partition coefficient (Wildman–Crippen LogP) is -1.61. The Morgan fingerprint density at radius 1 is 1.45 bits per heavy atom. The molecule has 1 amide bonds. The Bertz CT molecular complexity index is 566. The number of morpholine rings is 1. The third kappa shape index (κ3) is 4.22. The van der Waals surface area contributed by atoms with Crippen molar-refractivity contribution in [2.24, 2.45) is 0 Å². The molecule has 0 atom stereocenters. The maximum atomic E-state index is 12.1. The Kier molecular flexibility index (Phi) is 4.63. The van der Waals surface area contributed by atoms with Crippen LogP contribution >= 0.6 is 0 Å². The summed E-state index contributed by atoms with van der Waals surface area (Å²) < 4.78 is 38.0. The van der Waals surface area contributed by atoms with E-state index >= 15 is 0 Å². The van der Waals surface area contributed by atoms with Gasteiger partial charge in [-0.3, -0.25) is 4.79 Å². The lowest BCUT2D eigenvalue weighted by Crippen LogP contribution is -2.43. The zero-order valence-electron chi connectivity index (χ0n) is 10.8. The number of nitrogens with zero attached hydrogens (tertiary/aromatic N) is 3. The minimum Gasteiger partial charge on any atom is -0.748 e. The third-order valence-corrected chi connectivity index (χ3v) is 3.57. The number of carbonyl (C=O) groups is 1. The molecule has 1 aliphatic heterocycles. The van der Waals surface area contributed by atoms with E-state index < -0.39 is 15.9 Å². The van der Waals surface area contributed by atoms with Crippen molar-refractivity contribution >= 4 is 16.0 Å². The fourth-order valence-corrected chi connectivity index (χ4v) is 2.21. The Morgan fingerprint density at radius 3 is 2.70 bits per heavy atom. The number of aromatic nitrogens is 2. The molecule has 1 saturated heterocycles. The average Bonchev–Trinajstić information content (AvgIpc) is 2.45. The molecule has 0 aromatic carbocycles. The molecule has 8 nitrogen and oxygen atoms in total. The maximum Gasteiger partial charge on any atom is 0.256 e. The summed E-state index contributed by atoms with van der Waals surface area (Å²) >= 11 is 0. The van der Waals surface area contributed by atoms with Crippen LogP contribution in [0.3, 0.4) is 0 Å². The lowest BCUT2D eigenvalue weighted by atomic mass is 10.2. The van der Waals surface area contributed by atoms with Crippen molar-refractivity contribution in [3.63, 3.8) is 0 Å². The number of hydrogen-bond donors (Lipinski definition) is 0. The quantitative estimate of drug-likeness (QED) is 0.489. The van der Waals surface area contributed by atoms with Gasteiger partial charge in [-0.2, -0.15) is 0 Å². The van der Waals surface area contributed by atoms with E-state index in [1.54, 1.807) is 11.0 Å². The van der Waals surface area contributed by atoms with E-state index in [0.29, 0.717) is 31.9 Å². The van der Waals surface area contributed by atoms with Gasteiger partial charge in [-0.05, 0) is 5.10 Å². The van der Waals surface area contributed by atoms with Gasteiger partial charge in [-0.15, -0.1) is 0 Å². The molecule has 2 heterocycles. The summed E-state index contributed by atoms with van der Waals surface area (Å²) in [6, 6.07) is 1.56. The minimum absolute atomic E-state index is 0.0299. The van der Waals surface area contributed by atoms with Gasteiger partial charge >= 0.3 is 0 Å². The first-order valence-electron chi connectivity index (χ1n) is 6.12. The Hall–Kier alpha value is -1.58. The van der Waals surface area contributed by atoms with E-state index in [2.05, 4.69) is 5.10 Å². The molecule has 0 bridgehead atoms. The van der Waals surface area contributed by atoms with Gasteiger partial charge in [-0.25, -0.2) is 8.42 Å². The van der Waals surface area contributed by atoms with Gasteiger partial charge in [0.2, 0.25) is 0 Å². The van der Waals surface area contributed by atoms with Crippen molar-refractivity contribution in [2.45, 2.75) is 6.54 Å². The van der Waals surface area contributed by atoms with Gasteiger partial charge in [0, 0.05) is 19.2 Å². The van der Waals surface area contributed by atoms with Crippen molar-refractivity contribution in [3.05, 3.63) is 24.0 Å². The second-order valence-electron chi connectivity index (χ2n) is 4.35. The Morgan fingerprint density at radius 2 is 2.15 bits per heavy atom. The van der Waals surface area contributed by atoms with Crippen LogP contribution in [0, 0.1) is 0 Å². The molecule has 0 aliphatic carbocycles. The van der Waals surface area contributed by atoms with Crippen LogP contribution in [-0.2, 0) is 21.4 Å². The second kappa shape index (κ2) is 6.25. The molecule has 0 radical (unpaired) electrons. The number of rotatable bonds is 4. The highest BCUT2D eigenvalue weighted by Crippen LogP contribution is 2.04. The molecule has 0 spiro atoms. The van der Waals surface area contributed by atoms with Crippen LogP contribution in [0.1, 0.15) is 10.4 Å². The van der Waals surface area contributed by atoms with Crippen molar-refractivity contribution in [2.75, 3.05) is 32.1 Å². The fraction of sp³-hybridized carbons (Fsp3) is 0.545. The van der Waals surface area contributed by atoms with Crippen molar-refractivity contribution < 1.29 is 27.2 Å². The van der Waals surface area contributed by atoms with Crippen molar-refractivity contribution in [1.29, 1.82) is 0 Å². The maximum absolute atomic E-state index is 12.1. The molecule has 0 N–H and O–H groups in total. The summed E-state index contributed by atoms with van der Waals surface area (Å²) in [6.45, 7) is 2.10. The number of ether oxygens (including phenoxy) is 1. The van der Waals surface area contributed by atoms with Crippen LogP contribution in [0.4, 0.5) is 0 Å². The van der Waals surface area contributed by atoms with E-state index in [4.69, 9.17) is 4.74 Å². The van der Waals surface area contributed by atoms with Gasteiger partial charge in [0.15, 0.2) is 12.7 Å². The number of aryl methyl sites for hydroxylation is 1. The molecule has 110 valence electrons. The van der Waals surface area contributed by atoms with Crippen molar-refractivity contribution in [3.8, 4) is 0 Å². The van der Waals surface area contributed by atoms with Crippen LogP contribution in [0.25, 0.3) is 0 Å². The van der Waals surface area contributed by atoms with Gasteiger partial charge in [0.1, 0.15) is 16.3 Å². The van der Waals surface area contributed by atoms with Crippen molar-refractivity contribution in [1.82, 2.24) is 10.00 Å². The highest BCUT2D eigenvalue weighted by Gasteiger charge is 2.19. The first-order valence-corrected chi connectivity index (χ1v) is 7.70. The molecule has 20 heavy (non-hydrogen) atoms. The SMILES string of the molecule is O=C(c1cc[n+](CCS(=O)(=O)[O-])nc1)N1CCOCC1. The Labute approximate surface area is 116 Å². The summed E-state index contributed by atoms with van der Waals surface area (Å²) in [5.74, 6) is -0.661. The van der Waals surface area contributed by atoms with E-state index in [1.807, 2.05) is 0 Å². The number of amides is 1. The van der Waals surface area contributed by atoms with Crippen LogP contribution in [0.2, 0.25) is 0 Å². The van der Waals surface area contributed by atoms with Gasteiger partial charge in [-0.1, -0.05) is 4.68 Å². The first kappa shape index (κ1) is 14.8. The zero-order valence-corrected chi connectivity index (χ0v) is 11.6. The summed E-state index contributed by atoms with van der Waals surface area (Å²) in [7, 11) is -4.27. The van der Waals surface area contributed by atoms with Gasteiger partial charge in [0.25, 0.3) is 5.91 Å². The number of hydrogen-bond acceptors (Lipinski definition) is 6. The summed E-state index contributed by atoms with van der Waals surface area (Å²) in [5.41, 5.74) is 0.424. The summed E-state index contributed by atoms with van der Waals surface area (Å²) in [5, 5.41) is 3.93. The Balaban J connectivity index is 1.98. The number of carbonyl (C=O) groups excluding carboxylic acids is 1. The van der Waals surface area contributed by atoms with E-state index in [1.165, 1.54) is 17.1 Å². The first-order chi connectivity index (χ1) is 9.46. The van der Waals surface area contributed by atoms with E-state index in [0.717, 1.165) is 0 Å². The highest BCUT2D eigenvalue weighted by molar-refractivity contribution is 7.85. The molecule has 1 aromatic heterocycles. The largest absolute Gasteiger partial charge is 0.748 e. The summed E-state index contributed by atoms with van der Waals surface area (Å²) in [4.78, 5) is 13.8. The molecule has 1 fully saturated rings. The minimum atomic E-state index is -4.27. The topological polar surface area (TPSA) is 104 Å². The molecule has 0 saturated carbocycles. The molecule has 2 rings (SSSR count). The highest BCUT2D eigenvalue weighted by atomic mass is 32.2. The lowest BCUT2D eigenvalue weighted by molar-refractivity contribution is -0.750. The van der Waals surface area contributed by atoms with E-state index in [-0.39, 0.29) is 12.5 Å². The summed E-state index contributed by atoms with van der Waals surface area (Å²) in [6.07, 6.45) is 2.86. The van der Waals surface area contributed by atoms with Crippen LogP contribution in [0.5, 0.6) is 0 Å². The van der Waals surface area contributed by atoms with Crippen LogP contribution in [-0.4, -0.2) is 60.9 Å². The van der Waals surface area contributed by atoms with Gasteiger partial charge in [0.05, 0.1) is 24.5 Å². The zero-order chi connectivity index (χ0) is 14.6. The molecular formula is C11H15N3O5S. The molecule has 1 aliphatic rings. The second-order valence-corrected chi connectivity index (χ2v) is 5.87. The fourth-order valence-electron chi connectivity index (χ4n) is 1.80. The van der Waals surface area contributed by atoms with E-state index in [9.17, 15) is 17.8 Å². The molecular weight excluding hydrogens is 286 g/mol. The smallest absolute Gasteiger partial charge is 0.256 e. The standard InChI is InChI=1S/C11H15N3O5S/c15-11(13-3-6-19-7-4-13)10-1-2-14(12-9-10)5-8-20(16,17)18/h1-2,9H,3-8H2. The van der Waals surface area contributed by atoms with Crippen LogP contribution < -0.4 is 4.68 Å². The normalized spacial score (nSPS) is 16.1. The molecule has 0 unspecified atom stereocenters. The average molecular weight is 301 g/mol. The van der Waals surface area contributed by atoms with Crippen LogP contribution in [0.15, 0.2) is 18.5 Å². The third-order valence-electron chi connectivity index (χ3n) is 2.89. The molecule has 9 heteroatoms. The molecule has 1 aromatic rings.